The number of thioether (sulfide) groups is 1. The standard InChI is InChI=1S/C9H11F3N2OS/c1-13-7-4-6(9(10,11)12)5-8(14-7)16-3-2-15/h4-5,15H,2-3H2,1H3,(H,13,14). The quantitative estimate of drug-likeness (QED) is 0.807. The van der Waals surface area contributed by atoms with Gasteiger partial charge in [-0.1, -0.05) is 0 Å². The summed E-state index contributed by atoms with van der Waals surface area (Å²) in [4.78, 5) is 3.94. The fraction of sp³-hybridized carbons (Fsp3) is 0.444. The molecule has 7 heteroatoms. The molecule has 0 spiro atoms. The van der Waals surface area contributed by atoms with Gasteiger partial charge in [-0.3, -0.25) is 0 Å². The van der Waals surface area contributed by atoms with E-state index in [4.69, 9.17) is 5.11 Å². The van der Waals surface area contributed by atoms with Gasteiger partial charge in [-0.2, -0.15) is 13.2 Å². The molecular weight excluding hydrogens is 241 g/mol. The molecule has 0 saturated heterocycles. The first kappa shape index (κ1) is 13.1. The SMILES string of the molecule is CNc1cc(C(F)(F)F)cc(SCCO)n1. The first-order valence-electron chi connectivity index (χ1n) is 4.48. The Hall–Kier alpha value is -0.950. The number of anilines is 1. The summed E-state index contributed by atoms with van der Waals surface area (Å²) in [6.07, 6.45) is -4.39. The largest absolute Gasteiger partial charge is 0.416 e. The van der Waals surface area contributed by atoms with Crippen molar-refractivity contribution >= 4 is 17.6 Å². The van der Waals surface area contributed by atoms with E-state index in [1.54, 1.807) is 0 Å². The molecule has 0 atom stereocenters. The average molecular weight is 252 g/mol. The van der Waals surface area contributed by atoms with Gasteiger partial charge >= 0.3 is 6.18 Å². The maximum Gasteiger partial charge on any atom is 0.416 e. The van der Waals surface area contributed by atoms with Crippen LogP contribution in [0.3, 0.4) is 0 Å². The molecule has 0 bridgehead atoms. The molecule has 1 aromatic heterocycles. The number of nitrogens with one attached hydrogen (secondary N) is 1. The molecule has 1 heterocycles. The molecule has 16 heavy (non-hydrogen) atoms. The molecule has 0 amide bonds. The van der Waals surface area contributed by atoms with Crippen molar-refractivity contribution in [3.8, 4) is 0 Å². The Morgan fingerprint density at radius 2 is 2.12 bits per heavy atom. The number of alkyl halides is 3. The van der Waals surface area contributed by atoms with Crippen LogP contribution in [-0.4, -0.2) is 29.5 Å². The molecule has 0 aliphatic heterocycles. The van der Waals surface area contributed by atoms with E-state index in [0.29, 0.717) is 5.75 Å². The van der Waals surface area contributed by atoms with Crippen LogP contribution in [0.15, 0.2) is 17.2 Å². The molecule has 1 rings (SSSR count). The van der Waals surface area contributed by atoms with Gasteiger partial charge in [0.15, 0.2) is 0 Å². The normalized spacial score (nSPS) is 11.6. The third-order valence-corrected chi connectivity index (χ3v) is 2.62. The third-order valence-electron chi connectivity index (χ3n) is 1.73. The second-order valence-corrected chi connectivity index (χ2v) is 4.01. The van der Waals surface area contributed by atoms with Gasteiger partial charge in [0.1, 0.15) is 5.82 Å². The Bertz CT molecular complexity index is 357. The molecule has 0 aromatic carbocycles. The van der Waals surface area contributed by atoms with E-state index in [1.165, 1.54) is 7.05 Å². The van der Waals surface area contributed by atoms with E-state index in [2.05, 4.69) is 10.3 Å². The van der Waals surface area contributed by atoms with Crippen molar-refractivity contribution in [1.29, 1.82) is 0 Å². The molecule has 0 unspecified atom stereocenters. The van der Waals surface area contributed by atoms with Crippen molar-refractivity contribution in [1.82, 2.24) is 4.98 Å². The van der Waals surface area contributed by atoms with Gasteiger partial charge in [0.25, 0.3) is 0 Å². The Morgan fingerprint density at radius 3 is 2.62 bits per heavy atom. The molecule has 0 saturated carbocycles. The van der Waals surface area contributed by atoms with Gasteiger partial charge in [-0.05, 0) is 12.1 Å². The summed E-state index contributed by atoms with van der Waals surface area (Å²) in [6, 6.07) is 1.92. The van der Waals surface area contributed by atoms with Gasteiger partial charge in [0.2, 0.25) is 0 Å². The molecule has 0 aliphatic carbocycles. The predicted molar refractivity (Wildman–Crippen MR) is 56.6 cm³/mol. The number of rotatable bonds is 4. The minimum atomic E-state index is -4.39. The number of aliphatic hydroxyl groups excluding tert-OH is 1. The first-order valence-corrected chi connectivity index (χ1v) is 5.46. The first-order chi connectivity index (χ1) is 7.47. The highest BCUT2D eigenvalue weighted by Gasteiger charge is 2.31. The summed E-state index contributed by atoms with van der Waals surface area (Å²) in [5.74, 6) is 0.479. The summed E-state index contributed by atoms with van der Waals surface area (Å²) in [6.45, 7) is -0.0997. The van der Waals surface area contributed by atoms with Crippen LogP contribution < -0.4 is 5.32 Å². The molecule has 3 nitrogen and oxygen atoms in total. The van der Waals surface area contributed by atoms with E-state index in [1.807, 2.05) is 0 Å². The maximum atomic E-state index is 12.5. The van der Waals surface area contributed by atoms with Crippen LogP contribution in [-0.2, 0) is 6.18 Å². The number of nitrogens with zero attached hydrogens (tertiary/aromatic N) is 1. The van der Waals surface area contributed by atoms with Crippen LogP contribution in [0, 0.1) is 0 Å². The average Bonchev–Trinajstić information content (AvgIpc) is 2.24. The van der Waals surface area contributed by atoms with Crippen LogP contribution in [0.1, 0.15) is 5.56 Å². The number of halogens is 3. The van der Waals surface area contributed by atoms with Crippen molar-refractivity contribution in [2.45, 2.75) is 11.2 Å². The fourth-order valence-corrected chi connectivity index (χ4v) is 1.69. The van der Waals surface area contributed by atoms with E-state index >= 15 is 0 Å². The van der Waals surface area contributed by atoms with E-state index in [-0.39, 0.29) is 17.5 Å². The van der Waals surface area contributed by atoms with Crippen LogP contribution in [0.25, 0.3) is 0 Å². The zero-order valence-corrected chi connectivity index (χ0v) is 9.32. The number of pyridine rings is 1. The summed E-state index contributed by atoms with van der Waals surface area (Å²) in [7, 11) is 1.50. The number of hydrogen-bond acceptors (Lipinski definition) is 4. The fourth-order valence-electron chi connectivity index (χ4n) is 1.02. The minimum Gasteiger partial charge on any atom is -0.396 e. The zero-order chi connectivity index (χ0) is 12.2. The lowest BCUT2D eigenvalue weighted by Crippen LogP contribution is -2.07. The second kappa shape index (κ2) is 5.40. The molecule has 2 N–H and O–H groups in total. The lowest BCUT2D eigenvalue weighted by Gasteiger charge is -2.10. The van der Waals surface area contributed by atoms with E-state index in [9.17, 15) is 13.2 Å². The topological polar surface area (TPSA) is 45.1 Å². The van der Waals surface area contributed by atoms with Crippen LogP contribution >= 0.6 is 11.8 Å². The van der Waals surface area contributed by atoms with Crippen molar-refractivity contribution in [2.75, 3.05) is 24.7 Å². The highest BCUT2D eigenvalue weighted by molar-refractivity contribution is 7.99. The predicted octanol–water partition coefficient (Wildman–Crippen LogP) is 2.23. The van der Waals surface area contributed by atoms with E-state index in [0.717, 1.165) is 23.9 Å². The van der Waals surface area contributed by atoms with Gasteiger partial charge in [0.05, 0.1) is 17.2 Å². The lowest BCUT2D eigenvalue weighted by atomic mass is 10.2. The van der Waals surface area contributed by atoms with Gasteiger partial charge in [-0.25, -0.2) is 4.98 Å². The van der Waals surface area contributed by atoms with Crippen molar-refractivity contribution < 1.29 is 18.3 Å². The summed E-state index contributed by atoms with van der Waals surface area (Å²) < 4.78 is 37.5. The Kier molecular flexibility index (Phi) is 4.43. The van der Waals surface area contributed by atoms with E-state index < -0.39 is 11.7 Å². The van der Waals surface area contributed by atoms with Crippen molar-refractivity contribution in [3.63, 3.8) is 0 Å². The Balaban J connectivity index is 3.01. The highest BCUT2D eigenvalue weighted by Crippen LogP contribution is 2.32. The highest BCUT2D eigenvalue weighted by atomic mass is 32.2. The molecule has 90 valence electrons. The molecule has 0 aliphatic rings. The molecule has 0 radical (unpaired) electrons. The molecular formula is C9H11F3N2OS. The van der Waals surface area contributed by atoms with Gasteiger partial charge < -0.3 is 10.4 Å². The maximum absolute atomic E-state index is 12.5. The minimum absolute atomic E-state index is 0.0997. The summed E-state index contributed by atoms with van der Waals surface area (Å²) >= 11 is 1.08. The zero-order valence-electron chi connectivity index (χ0n) is 8.51. The summed E-state index contributed by atoms with van der Waals surface area (Å²) in [5, 5.41) is 11.4. The molecule has 0 fully saturated rings. The van der Waals surface area contributed by atoms with Crippen LogP contribution in [0.2, 0.25) is 0 Å². The Morgan fingerprint density at radius 1 is 1.44 bits per heavy atom. The number of aliphatic hydroxyl groups is 1. The third kappa shape index (κ3) is 3.57. The second-order valence-electron chi connectivity index (χ2n) is 2.90. The monoisotopic (exact) mass is 252 g/mol. The van der Waals surface area contributed by atoms with Crippen LogP contribution in [0.5, 0.6) is 0 Å². The number of hydrogen-bond donors (Lipinski definition) is 2. The lowest BCUT2D eigenvalue weighted by molar-refractivity contribution is -0.137. The van der Waals surface area contributed by atoms with Crippen molar-refractivity contribution in [2.24, 2.45) is 0 Å². The summed E-state index contributed by atoms with van der Waals surface area (Å²) in [5.41, 5.74) is -0.743. The van der Waals surface area contributed by atoms with Gasteiger partial charge in [-0.15, -0.1) is 11.8 Å². The molecule has 1 aromatic rings. The Labute approximate surface area is 95.1 Å². The van der Waals surface area contributed by atoms with Crippen LogP contribution in [0.4, 0.5) is 19.0 Å². The number of aromatic nitrogens is 1. The smallest absolute Gasteiger partial charge is 0.396 e. The van der Waals surface area contributed by atoms with Gasteiger partial charge in [0, 0.05) is 12.8 Å². The van der Waals surface area contributed by atoms with Crippen molar-refractivity contribution in [3.05, 3.63) is 17.7 Å².